The number of benzene rings is 1. The molecule has 0 saturated heterocycles. The van der Waals surface area contributed by atoms with Gasteiger partial charge < -0.3 is 10.0 Å². The van der Waals surface area contributed by atoms with Gasteiger partial charge in [-0.1, -0.05) is 0 Å². The van der Waals surface area contributed by atoms with Crippen LogP contribution in [0.25, 0.3) is 11.3 Å². The van der Waals surface area contributed by atoms with Crippen molar-refractivity contribution < 1.29 is 13.9 Å². The molecular formula is C20H20F2N4O. The summed E-state index contributed by atoms with van der Waals surface area (Å²) >= 11 is 0. The Balaban J connectivity index is 1.59. The number of halogens is 2. The Morgan fingerprint density at radius 1 is 1.22 bits per heavy atom. The van der Waals surface area contributed by atoms with Crippen molar-refractivity contribution in [1.82, 2.24) is 10.2 Å². The average Bonchev–Trinajstić information content (AvgIpc) is 3.08. The fourth-order valence-corrected chi connectivity index (χ4v) is 4.45. The minimum Gasteiger partial charge on any atom is -0.507 e. The van der Waals surface area contributed by atoms with Crippen molar-refractivity contribution in [2.75, 3.05) is 11.9 Å². The van der Waals surface area contributed by atoms with E-state index in [0.29, 0.717) is 17.4 Å². The molecule has 5 nitrogen and oxygen atoms in total. The van der Waals surface area contributed by atoms with E-state index < -0.39 is 12.0 Å². The van der Waals surface area contributed by atoms with E-state index in [1.165, 1.54) is 6.07 Å². The molecule has 0 unspecified atom stereocenters. The summed E-state index contributed by atoms with van der Waals surface area (Å²) in [5.74, 6) is 0.180. The Morgan fingerprint density at radius 2 is 2.04 bits per heavy atom. The Kier molecular flexibility index (Phi) is 4.42. The summed E-state index contributed by atoms with van der Waals surface area (Å²) in [7, 11) is 1.83. The molecule has 0 radical (unpaired) electrons. The average molecular weight is 370 g/mol. The summed E-state index contributed by atoms with van der Waals surface area (Å²) in [6, 6.07) is 7.01. The van der Waals surface area contributed by atoms with Gasteiger partial charge in [0.2, 0.25) is 0 Å². The van der Waals surface area contributed by atoms with E-state index in [1.54, 1.807) is 18.2 Å². The van der Waals surface area contributed by atoms with Crippen LogP contribution in [0, 0.1) is 29.0 Å². The van der Waals surface area contributed by atoms with Gasteiger partial charge in [0.25, 0.3) is 0 Å². The third-order valence-electron chi connectivity index (χ3n) is 5.97. The maximum Gasteiger partial charge on any atom is 0.151 e. The van der Waals surface area contributed by atoms with Gasteiger partial charge in [-0.2, -0.15) is 5.26 Å². The van der Waals surface area contributed by atoms with Crippen molar-refractivity contribution in [3.05, 3.63) is 35.6 Å². The van der Waals surface area contributed by atoms with Crippen LogP contribution in [0.5, 0.6) is 5.75 Å². The van der Waals surface area contributed by atoms with E-state index in [4.69, 9.17) is 5.26 Å². The molecule has 2 aliphatic rings. The van der Waals surface area contributed by atoms with Crippen molar-refractivity contribution in [3.8, 4) is 23.1 Å². The second-order valence-corrected chi connectivity index (χ2v) is 7.54. The molecule has 2 aromatic rings. The maximum absolute atomic E-state index is 14.8. The standard InChI is InChI=1S/C20H20F2N4O/c1-26(17-7-11-2-3-12(6-11)20(17)22)19-5-4-16(24-25-19)14-8-13(10-23)15(21)9-18(14)27/h4-5,8-9,11-12,17,20,27H,2-3,6-7H2,1H3/t11-,12+,17+,20-/m0/s1. The van der Waals surface area contributed by atoms with Gasteiger partial charge in [0, 0.05) is 18.7 Å². The van der Waals surface area contributed by atoms with Gasteiger partial charge in [-0.15, -0.1) is 10.2 Å². The largest absolute Gasteiger partial charge is 0.507 e. The summed E-state index contributed by atoms with van der Waals surface area (Å²) in [6.07, 6.45) is 3.01. The first-order valence-corrected chi connectivity index (χ1v) is 9.11. The smallest absolute Gasteiger partial charge is 0.151 e. The van der Waals surface area contributed by atoms with E-state index in [2.05, 4.69) is 10.2 Å². The summed E-state index contributed by atoms with van der Waals surface area (Å²) in [5, 5.41) is 27.2. The number of nitriles is 1. The van der Waals surface area contributed by atoms with Crippen LogP contribution in [-0.4, -0.2) is 34.6 Å². The normalized spacial score (nSPS) is 26.6. The molecule has 2 bridgehead atoms. The quantitative estimate of drug-likeness (QED) is 0.889. The van der Waals surface area contributed by atoms with Crippen LogP contribution < -0.4 is 4.90 Å². The summed E-state index contributed by atoms with van der Waals surface area (Å²) in [6.45, 7) is 0. The second-order valence-electron chi connectivity index (χ2n) is 7.54. The monoisotopic (exact) mass is 370 g/mol. The second kappa shape index (κ2) is 6.76. The van der Waals surface area contributed by atoms with Gasteiger partial charge in [-0.25, -0.2) is 8.78 Å². The van der Waals surface area contributed by atoms with E-state index in [0.717, 1.165) is 31.7 Å². The van der Waals surface area contributed by atoms with Crippen LogP contribution in [-0.2, 0) is 0 Å². The van der Waals surface area contributed by atoms with E-state index in [1.807, 2.05) is 11.9 Å². The lowest BCUT2D eigenvalue weighted by Crippen LogP contribution is -2.46. The van der Waals surface area contributed by atoms with Crippen LogP contribution in [0.3, 0.4) is 0 Å². The van der Waals surface area contributed by atoms with Gasteiger partial charge in [0.1, 0.15) is 23.8 Å². The Bertz CT molecular complexity index is 896. The number of alkyl halides is 1. The number of aromatic nitrogens is 2. The molecule has 0 amide bonds. The molecule has 27 heavy (non-hydrogen) atoms. The molecule has 2 saturated carbocycles. The van der Waals surface area contributed by atoms with Gasteiger partial charge in [0.15, 0.2) is 5.82 Å². The third-order valence-corrected chi connectivity index (χ3v) is 5.97. The molecule has 0 aliphatic heterocycles. The van der Waals surface area contributed by atoms with Crippen LogP contribution >= 0.6 is 0 Å². The molecule has 4 atom stereocenters. The number of nitrogens with zero attached hydrogens (tertiary/aromatic N) is 4. The lowest BCUT2D eigenvalue weighted by molar-refractivity contribution is 0.144. The number of anilines is 1. The van der Waals surface area contributed by atoms with Gasteiger partial charge in [-0.3, -0.25) is 0 Å². The first kappa shape index (κ1) is 17.7. The van der Waals surface area contributed by atoms with E-state index in [-0.39, 0.29) is 28.8 Å². The number of hydrogen-bond acceptors (Lipinski definition) is 5. The molecule has 2 fully saturated rings. The first-order valence-electron chi connectivity index (χ1n) is 9.11. The van der Waals surface area contributed by atoms with E-state index >= 15 is 0 Å². The Labute approximate surface area is 156 Å². The van der Waals surface area contributed by atoms with Crippen LogP contribution in [0.4, 0.5) is 14.6 Å². The van der Waals surface area contributed by atoms with Crippen LogP contribution in [0.2, 0.25) is 0 Å². The number of hydrogen-bond donors (Lipinski definition) is 1. The molecular weight excluding hydrogens is 350 g/mol. The molecule has 140 valence electrons. The third kappa shape index (κ3) is 3.09. The number of phenolic OH excluding ortho intramolecular Hbond substituents is 1. The number of fused-ring (bicyclic) bond motifs is 2. The first-order chi connectivity index (χ1) is 13.0. The van der Waals surface area contributed by atoms with E-state index in [9.17, 15) is 13.9 Å². The fourth-order valence-electron chi connectivity index (χ4n) is 4.45. The van der Waals surface area contributed by atoms with Gasteiger partial charge in [0.05, 0.1) is 17.3 Å². The molecule has 0 spiro atoms. The molecule has 2 aliphatic carbocycles. The topological polar surface area (TPSA) is 73.0 Å². The van der Waals surface area contributed by atoms with Crippen molar-refractivity contribution >= 4 is 5.82 Å². The molecule has 1 aromatic heterocycles. The molecule has 1 N–H and O–H groups in total. The van der Waals surface area contributed by atoms with Gasteiger partial charge in [-0.05, 0) is 55.7 Å². The van der Waals surface area contributed by atoms with Crippen molar-refractivity contribution in [1.29, 1.82) is 5.26 Å². The van der Waals surface area contributed by atoms with Crippen LogP contribution in [0.1, 0.15) is 31.2 Å². The van der Waals surface area contributed by atoms with Crippen molar-refractivity contribution in [3.63, 3.8) is 0 Å². The SMILES string of the molecule is CN(c1ccc(-c2cc(C#N)c(F)cc2O)nn1)[C@@H]1C[C@H]2CC[C@H](C2)[C@@H]1F. The lowest BCUT2D eigenvalue weighted by Gasteiger charge is -2.38. The highest BCUT2D eigenvalue weighted by atomic mass is 19.1. The molecule has 7 heteroatoms. The van der Waals surface area contributed by atoms with Crippen LogP contribution in [0.15, 0.2) is 24.3 Å². The predicted molar refractivity (Wildman–Crippen MR) is 96.3 cm³/mol. The lowest BCUT2D eigenvalue weighted by atomic mass is 9.83. The zero-order valence-electron chi connectivity index (χ0n) is 14.9. The summed E-state index contributed by atoms with van der Waals surface area (Å²) in [4.78, 5) is 1.84. The van der Waals surface area contributed by atoms with Crippen molar-refractivity contribution in [2.45, 2.75) is 37.9 Å². The summed E-state index contributed by atoms with van der Waals surface area (Å²) < 4.78 is 28.4. The number of rotatable bonds is 3. The molecule has 1 heterocycles. The summed E-state index contributed by atoms with van der Waals surface area (Å²) in [5.41, 5.74) is 0.374. The Hall–Kier alpha value is -2.75. The minimum absolute atomic E-state index is 0.143. The zero-order valence-corrected chi connectivity index (χ0v) is 14.9. The van der Waals surface area contributed by atoms with Gasteiger partial charge >= 0.3 is 0 Å². The predicted octanol–water partition coefficient (Wildman–Crippen LogP) is 3.82. The van der Waals surface area contributed by atoms with Crippen molar-refractivity contribution in [2.24, 2.45) is 11.8 Å². The number of aromatic hydroxyl groups is 1. The molecule has 1 aromatic carbocycles. The fraction of sp³-hybridized carbons (Fsp3) is 0.450. The number of phenols is 1. The highest BCUT2D eigenvalue weighted by Crippen LogP contribution is 2.45. The zero-order chi connectivity index (χ0) is 19.1. The minimum atomic E-state index is -0.866. The maximum atomic E-state index is 14.8. The highest BCUT2D eigenvalue weighted by molar-refractivity contribution is 5.69. The molecule has 4 rings (SSSR count). The highest BCUT2D eigenvalue weighted by Gasteiger charge is 2.44. The Morgan fingerprint density at radius 3 is 2.74 bits per heavy atom.